The molecule has 0 unspecified atom stereocenters. The van der Waals surface area contributed by atoms with Gasteiger partial charge in [0.05, 0.1) is 5.54 Å². The van der Waals surface area contributed by atoms with Crippen LogP contribution in [0.1, 0.15) is 19.4 Å². The van der Waals surface area contributed by atoms with Crippen molar-refractivity contribution in [2.45, 2.75) is 25.9 Å². The number of rotatable bonds is 3. The molecule has 0 saturated heterocycles. The molecule has 0 aromatic heterocycles. The lowest BCUT2D eigenvalue weighted by atomic mass is 10.1. The average Bonchev–Trinajstić information content (AvgIpc) is 2.16. The summed E-state index contributed by atoms with van der Waals surface area (Å²) in [6, 6.07) is 4.60. The van der Waals surface area contributed by atoms with Crippen molar-refractivity contribution in [1.82, 2.24) is 5.32 Å². The minimum atomic E-state index is -0.438. The molecule has 0 aliphatic rings. The van der Waals surface area contributed by atoms with Crippen molar-refractivity contribution in [3.63, 3.8) is 0 Å². The Bertz CT molecular complexity index is 393. The molecule has 0 radical (unpaired) electrons. The fourth-order valence-corrected chi connectivity index (χ4v) is 1.19. The Morgan fingerprint density at radius 1 is 1.53 bits per heavy atom. The second kappa shape index (κ2) is 4.65. The van der Waals surface area contributed by atoms with Crippen LogP contribution in [0.4, 0.5) is 4.39 Å². The number of halogens is 2. The Kier molecular flexibility index (Phi) is 3.73. The van der Waals surface area contributed by atoms with E-state index in [-0.39, 0.29) is 5.82 Å². The lowest BCUT2D eigenvalue weighted by molar-refractivity contribution is 0.479. The molecule has 0 heterocycles. The van der Waals surface area contributed by atoms with Crippen LogP contribution >= 0.6 is 11.6 Å². The summed E-state index contributed by atoms with van der Waals surface area (Å²) < 4.78 is 13.4. The molecule has 0 saturated carbocycles. The maximum absolute atomic E-state index is 13.4. The Hall–Kier alpha value is -1.04. The van der Waals surface area contributed by atoms with Gasteiger partial charge in [-0.1, -0.05) is 23.6 Å². The number of terminal acetylenes is 1. The van der Waals surface area contributed by atoms with E-state index >= 15 is 0 Å². The Morgan fingerprint density at radius 2 is 2.20 bits per heavy atom. The van der Waals surface area contributed by atoms with Crippen LogP contribution in [0.25, 0.3) is 0 Å². The summed E-state index contributed by atoms with van der Waals surface area (Å²) in [5.74, 6) is 2.27. The van der Waals surface area contributed by atoms with Crippen molar-refractivity contribution in [3.05, 3.63) is 34.6 Å². The molecule has 0 aliphatic heterocycles. The van der Waals surface area contributed by atoms with Gasteiger partial charge in [-0.25, -0.2) is 4.39 Å². The standard InChI is InChI=1S/C12H13ClFN/c1-4-12(2,3)15-8-9-5-6-10(13)7-11(9)14/h1,5-7,15H,8H2,2-3H3. The zero-order valence-corrected chi connectivity index (χ0v) is 9.53. The molecule has 0 fully saturated rings. The molecular weight excluding hydrogens is 213 g/mol. The summed E-state index contributed by atoms with van der Waals surface area (Å²) >= 11 is 5.64. The lowest BCUT2D eigenvalue weighted by Crippen LogP contribution is -2.37. The van der Waals surface area contributed by atoms with Crippen LogP contribution in [-0.4, -0.2) is 5.54 Å². The van der Waals surface area contributed by atoms with Gasteiger partial charge in [0.25, 0.3) is 0 Å². The highest BCUT2D eigenvalue weighted by Gasteiger charge is 2.13. The maximum atomic E-state index is 13.4. The number of hydrogen-bond donors (Lipinski definition) is 1. The predicted octanol–water partition coefficient (Wildman–Crippen LogP) is 2.98. The molecule has 1 N–H and O–H groups in total. The van der Waals surface area contributed by atoms with Crippen LogP contribution in [0, 0.1) is 18.2 Å². The quantitative estimate of drug-likeness (QED) is 0.780. The first-order valence-electron chi connectivity index (χ1n) is 4.61. The summed E-state index contributed by atoms with van der Waals surface area (Å²) in [5, 5.41) is 3.46. The van der Waals surface area contributed by atoms with Gasteiger partial charge in [0.1, 0.15) is 5.82 Å². The summed E-state index contributed by atoms with van der Waals surface area (Å²) in [6.07, 6.45) is 5.31. The topological polar surface area (TPSA) is 12.0 Å². The molecule has 3 heteroatoms. The summed E-state index contributed by atoms with van der Waals surface area (Å²) in [5.41, 5.74) is 0.120. The fraction of sp³-hybridized carbons (Fsp3) is 0.333. The van der Waals surface area contributed by atoms with E-state index in [4.69, 9.17) is 18.0 Å². The van der Waals surface area contributed by atoms with Crippen LogP contribution in [-0.2, 0) is 6.54 Å². The summed E-state index contributed by atoms with van der Waals surface area (Å²) in [4.78, 5) is 0. The van der Waals surface area contributed by atoms with E-state index in [0.717, 1.165) is 0 Å². The summed E-state index contributed by atoms with van der Waals surface area (Å²) in [6.45, 7) is 4.11. The molecule has 0 aliphatic carbocycles. The van der Waals surface area contributed by atoms with Gasteiger partial charge in [-0.2, -0.15) is 0 Å². The second-order valence-corrected chi connectivity index (χ2v) is 4.30. The molecule has 0 bridgehead atoms. The molecule has 1 aromatic rings. The van der Waals surface area contributed by atoms with E-state index in [9.17, 15) is 4.39 Å². The molecule has 1 aromatic carbocycles. The largest absolute Gasteiger partial charge is 0.297 e. The molecular formula is C12H13ClFN. The first-order valence-corrected chi connectivity index (χ1v) is 4.99. The summed E-state index contributed by atoms with van der Waals surface area (Å²) in [7, 11) is 0. The SMILES string of the molecule is C#CC(C)(C)NCc1ccc(Cl)cc1F. The third-order valence-corrected chi connectivity index (χ3v) is 2.33. The van der Waals surface area contributed by atoms with Gasteiger partial charge in [-0.05, 0) is 26.0 Å². The predicted molar refractivity (Wildman–Crippen MR) is 61.2 cm³/mol. The van der Waals surface area contributed by atoms with Crippen molar-refractivity contribution in [3.8, 4) is 12.3 Å². The highest BCUT2D eigenvalue weighted by molar-refractivity contribution is 6.30. The lowest BCUT2D eigenvalue weighted by Gasteiger charge is -2.19. The average molecular weight is 226 g/mol. The van der Waals surface area contributed by atoms with Gasteiger partial charge in [0, 0.05) is 17.1 Å². The zero-order valence-electron chi connectivity index (χ0n) is 8.77. The molecule has 80 valence electrons. The van der Waals surface area contributed by atoms with E-state index in [2.05, 4.69) is 11.2 Å². The van der Waals surface area contributed by atoms with E-state index < -0.39 is 5.54 Å². The van der Waals surface area contributed by atoms with E-state index in [1.807, 2.05) is 13.8 Å². The third kappa shape index (κ3) is 3.54. The molecule has 1 nitrogen and oxygen atoms in total. The smallest absolute Gasteiger partial charge is 0.129 e. The second-order valence-electron chi connectivity index (χ2n) is 3.86. The van der Waals surface area contributed by atoms with E-state index in [0.29, 0.717) is 17.1 Å². The molecule has 0 amide bonds. The number of nitrogens with one attached hydrogen (secondary N) is 1. The number of benzene rings is 1. The first-order chi connectivity index (χ1) is 6.94. The van der Waals surface area contributed by atoms with Gasteiger partial charge in [0.15, 0.2) is 0 Å². The van der Waals surface area contributed by atoms with E-state index in [1.54, 1.807) is 12.1 Å². The minimum absolute atomic E-state index is 0.317. The first kappa shape index (κ1) is 12.0. The molecule has 15 heavy (non-hydrogen) atoms. The monoisotopic (exact) mass is 225 g/mol. The van der Waals surface area contributed by atoms with Crippen LogP contribution in [0.3, 0.4) is 0 Å². The van der Waals surface area contributed by atoms with Gasteiger partial charge in [0.2, 0.25) is 0 Å². The molecule has 0 spiro atoms. The van der Waals surface area contributed by atoms with Crippen molar-refractivity contribution >= 4 is 11.6 Å². The highest BCUT2D eigenvalue weighted by atomic mass is 35.5. The minimum Gasteiger partial charge on any atom is -0.297 e. The van der Waals surface area contributed by atoms with Crippen LogP contribution in [0.2, 0.25) is 5.02 Å². The van der Waals surface area contributed by atoms with E-state index in [1.165, 1.54) is 6.07 Å². The number of hydrogen-bond acceptors (Lipinski definition) is 1. The maximum Gasteiger partial charge on any atom is 0.129 e. The van der Waals surface area contributed by atoms with Gasteiger partial charge < -0.3 is 0 Å². The Balaban J connectivity index is 2.71. The van der Waals surface area contributed by atoms with Crippen molar-refractivity contribution < 1.29 is 4.39 Å². The van der Waals surface area contributed by atoms with Crippen LogP contribution in [0.5, 0.6) is 0 Å². The van der Waals surface area contributed by atoms with Gasteiger partial charge in [-0.3, -0.25) is 5.32 Å². The van der Waals surface area contributed by atoms with Crippen molar-refractivity contribution in [2.75, 3.05) is 0 Å². The third-order valence-electron chi connectivity index (χ3n) is 2.10. The van der Waals surface area contributed by atoms with Crippen LogP contribution in [0.15, 0.2) is 18.2 Å². The van der Waals surface area contributed by atoms with Gasteiger partial charge in [-0.15, -0.1) is 6.42 Å². The molecule has 1 rings (SSSR count). The Labute approximate surface area is 94.6 Å². The molecule has 0 atom stereocenters. The van der Waals surface area contributed by atoms with Gasteiger partial charge >= 0.3 is 0 Å². The normalized spacial score (nSPS) is 11.1. The van der Waals surface area contributed by atoms with Crippen LogP contribution < -0.4 is 5.32 Å². The Morgan fingerprint density at radius 3 is 2.73 bits per heavy atom. The zero-order chi connectivity index (χ0) is 11.5. The fourth-order valence-electron chi connectivity index (χ4n) is 1.03. The van der Waals surface area contributed by atoms with Crippen molar-refractivity contribution in [1.29, 1.82) is 0 Å². The highest BCUT2D eigenvalue weighted by Crippen LogP contribution is 2.15. The van der Waals surface area contributed by atoms with Crippen molar-refractivity contribution in [2.24, 2.45) is 0 Å².